The number of hydrogen-bond donors (Lipinski definition) is 0. The number of nitriles is 1. The molecular weight excluding hydrogens is 525 g/mol. The first kappa shape index (κ1) is 27.8. The monoisotopic (exact) mass is 555 g/mol. The summed E-state index contributed by atoms with van der Waals surface area (Å²) in [6, 6.07) is 8.49. The summed E-state index contributed by atoms with van der Waals surface area (Å²) in [5.74, 6) is 0.230. The van der Waals surface area contributed by atoms with Gasteiger partial charge in [-0.3, -0.25) is 19.1 Å². The molecular formula is C27H30FN5O3S2. The molecule has 3 heterocycles. The summed E-state index contributed by atoms with van der Waals surface area (Å²) >= 11 is 6.71. The quantitative estimate of drug-likeness (QED) is 0.277. The van der Waals surface area contributed by atoms with E-state index in [1.807, 2.05) is 6.92 Å². The number of anilines is 2. The van der Waals surface area contributed by atoms with E-state index >= 15 is 0 Å². The molecule has 1 aromatic carbocycles. The number of aromatic nitrogens is 1. The number of hydrogen-bond acceptors (Lipinski definition) is 8. The van der Waals surface area contributed by atoms with E-state index in [0.717, 1.165) is 5.69 Å². The van der Waals surface area contributed by atoms with Crippen LogP contribution in [-0.4, -0.2) is 66.1 Å². The minimum absolute atomic E-state index is 0.0716. The van der Waals surface area contributed by atoms with Crippen molar-refractivity contribution in [3.8, 4) is 6.07 Å². The number of nitrogens with zero attached hydrogens (tertiary/aromatic N) is 5. The topological polar surface area (TPSA) is 81.8 Å². The predicted octanol–water partition coefficient (Wildman–Crippen LogP) is 3.75. The van der Waals surface area contributed by atoms with Crippen LogP contribution in [0.15, 0.2) is 34.0 Å². The van der Waals surface area contributed by atoms with Gasteiger partial charge in [-0.1, -0.05) is 24.0 Å². The first-order chi connectivity index (χ1) is 18.3. The Labute approximate surface area is 231 Å². The van der Waals surface area contributed by atoms with Crippen molar-refractivity contribution in [3.63, 3.8) is 0 Å². The fraction of sp³-hybridized carbons (Fsp3) is 0.407. The first-order valence-corrected chi connectivity index (χ1v) is 13.7. The summed E-state index contributed by atoms with van der Waals surface area (Å²) in [5.41, 5.74) is 1.89. The molecule has 2 aliphatic rings. The zero-order chi connectivity index (χ0) is 27.4. The molecule has 1 amide bonds. The third-order valence-corrected chi connectivity index (χ3v) is 8.19. The maximum Gasteiger partial charge on any atom is 0.270 e. The summed E-state index contributed by atoms with van der Waals surface area (Å²) in [4.78, 5) is 32.9. The second kappa shape index (κ2) is 12.1. The van der Waals surface area contributed by atoms with E-state index in [1.54, 1.807) is 41.7 Å². The zero-order valence-corrected chi connectivity index (χ0v) is 23.3. The lowest BCUT2D eigenvalue weighted by atomic mass is 10.0. The van der Waals surface area contributed by atoms with Crippen LogP contribution < -0.4 is 15.4 Å². The average Bonchev–Trinajstić information content (AvgIpc) is 3.18. The highest BCUT2D eigenvalue weighted by atomic mass is 32.2. The molecule has 0 bridgehead atoms. The summed E-state index contributed by atoms with van der Waals surface area (Å²) in [6.07, 6.45) is 2.44. The van der Waals surface area contributed by atoms with Gasteiger partial charge in [-0.2, -0.15) is 5.26 Å². The Kier molecular flexibility index (Phi) is 8.87. The average molecular weight is 556 g/mol. The van der Waals surface area contributed by atoms with Crippen LogP contribution >= 0.6 is 24.0 Å². The minimum Gasteiger partial charge on any atom is -0.385 e. The van der Waals surface area contributed by atoms with Gasteiger partial charge >= 0.3 is 0 Å². The van der Waals surface area contributed by atoms with Gasteiger partial charge in [0.2, 0.25) is 0 Å². The van der Waals surface area contributed by atoms with Crippen LogP contribution in [0.25, 0.3) is 6.08 Å². The van der Waals surface area contributed by atoms with E-state index in [2.05, 4.69) is 15.9 Å². The van der Waals surface area contributed by atoms with Crippen LogP contribution in [0.4, 0.5) is 15.9 Å². The Morgan fingerprint density at radius 3 is 2.42 bits per heavy atom. The number of piperazine rings is 1. The molecule has 200 valence electrons. The Bertz CT molecular complexity index is 1360. The van der Waals surface area contributed by atoms with Crippen LogP contribution in [0, 0.1) is 24.1 Å². The molecule has 0 spiro atoms. The van der Waals surface area contributed by atoms with Gasteiger partial charge in [0.1, 0.15) is 27.6 Å². The van der Waals surface area contributed by atoms with Gasteiger partial charge in [0.15, 0.2) is 0 Å². The molecule has 1 aromatic heterocycles. The number of ether oxygens (including phenoxy) is 1. The number of thiocarbonyl (C=S) groups is 1. The Morgan fingerprint density at radius 2 is 1.82 bits per heavy atom. The smallest absolute Gasteiger partial charge is 0.270 e. The zero-order valence-electron chi connectivity index (χ0n) is 21.7. The van der Waals surface area contributed by atoms with Crippen LogP contribution in [0.1, 0.15) is 30.0 Å². The third kappa shape index (κ3) is 5.48. The second-order valence-electron chi connectivity index (χ2n) is 9.03. The molecule has 2 fully saturated rings. The third-order valence-electron chi connectivity index (χ3n) is 6.81. The summed E-state index contributed by atoms with van der Waals surface area (Å²) in [5, 5.41) is 9.80. The Balaban J connectivity index is 1.71. The lowest BCUT2D eigenvalue weighted by Gasteiger charge is -2.39. The van der Waals surface area contributed by atoms with Crippen molar-refractivity contribution in [1.82, 2.24) is 9.47 Å². The summed E-state index contributed by atoms with van der Waals surface area (Å²) in [6.45, 7) is 7.55. The van der Waals surface area contributed by atoms with E-state index < -0.39 is 0 Å². The summed E-state index contributed by atoms with van der Waals surface area (Å²) < 4.78 is 20.6. The van der Waals surface area contributed by atoms with Crippen LogP contribution in [0.2, 0.25) is 0 Å². The standard InChI is InChI=1S/C27H30FN5O3S2/c1-4-32-24(31-13-11-30(12-14-31)20-8-6-19(28)7-9-20)21(18(2)22(17-29)25(32)34)16-23-26(35)33(27(37)38-23)10-5-15-36-3/h6-9,16H,4-5,10-15H2,1-3H3/b23-16+. The maximum absolute atomic E-state index is 13.4. The second-order valence-corrected chi connectivity index (χ2v) is 10.7. The van der Waals surface area contributed by atoms with Gasteiger partial charge in [-0.25, -0.2) is 4.39 Å². The van der Waals surface area contributed by atoms with E-state index in [4.69, 9.17) is 17.0 Å². The van der Waals surface area contributed by atoms with E-state index in [0.29, 0.717) is 78.5 Å². The number of pyridine rings is 1. The Morgan fingerprint density at radius 1 is 1.16 bits per heavy atom. The molecule has 0 radical (unpaired) electrons. The number of benzene rings is 1. The van der Waals surface area contributed by atoms with Crippen LogP contribution in [0.3, 0.4) is 0 Å². The van der Waals surface area contributed by atoms with Gasteiger partial charge in [0.25, 0.3) is 11.5 Å². The normalized spacial score (nSPS) is 17.0. The van der Waals surface area contributed by atoms with Crippen LogP contribution in [0.5, 0.6) is 0 Å². The molecule has 0 N–H and O–H groups in total. The number of carbonyl (C=O) groups excluding carboxylic acids is 1. The van der Waals surface area contributed by atoms with Crippen LogP contribution in [-0.2, 0) is 16.1 Å². The van der Waals surface area contributed by atoms with Crippen molar-refractivity contribution in [3.05, 3.63) is 62.0 Å². The van der Waals surface area contributed by atoms with Gasteiger partial charge in [-0.15, -0.1) is 0 Å². The lowest BCUT2D eigenvalue weighted by Crippen LogP contribution is -2.48. The van der Waals surface area contributed by atoms with Gasteiger partial charge < -0.3 is 14.5 Å². The minimum atomic E-state index is -0.340. The van der Waals surface area contributed by atoms with Crippen molar-refractivity contribution >= 4 is 51.8 Å². The molecule has 0 unspecified atom stereocenters. The van der Waals surface area contributed by atoms with Crippen molar-refractivity contribution in [2.45, 2.75) is 26.8 Å². The van der Waals surface area contributed by atoms with E-state index in [9.17, 15) is 19.2 Å². The highest BCUT2D eigenvalue weighted by Gasteiger charge is 2.33. The first-order valence-electron chi connectivity index (χ1n) is 12.5. The number of carbonyl (C=O) groups is 1. The molecule has 0 saturated carbocycles. The maximum atomic E-state index is 13.4. The number of halogens is 1. The molecule has 8 nitrogen and oxygen atoms in total. The highest BCUT2D eigenvalue weighted by Crippen LogP contribution is 2.36. The number of methoxy groups -OCH3 is 1. The van der Waals surface area contributed by atoms with Gasteiger partial charge in [0, 0.05) is 64.2 Å². The largest absolute Gasteiger partial charge is 0.385 e. The van der Waals surface area contributed by atoms with E-state index in [-0.39, 0.29) is 22.8 Å². The van der Waals surface area contributed by atoms with E-state index in [1.165, 1.54) is 23.9 Å². The number of amides is 1. The number of thioether (sulfide) groups is 1. The lowest BCUT2D eigenvalue weighted by molar-refractivity contribution is -0.122. The summed E-state index contributed by atoms with van der Waals surface area (Å²) in [7, 11) is 1.61. The molecule has 0 aliphatic carbocycles. The Hall–Kier alpha value is -3.20. The SMILES string of the molecule is CCn1c(N2CCN(c3ccc(F)cc3)CC2)c(/C=C2/SC(=S)N(CCCOC)C2=O)c(C)c(C#N)c1=O. The van der Waals surface area contributed by atoms with Gasteiger partial charge in [0.05, 0.1) is 4.91 Å². The molecule has 38 heavy (non-hydrogen) atoms. The molecule has 11 heteroatoms. The molecule has 2 aliphatic heterocycles. The van der Waals surface area contributed by atoms with Gasteiger partial charge in [-0.05, 0) is 56.2 Å². The van der Waals surface area contributed by atoms with Crippen molar-refractivity contribution in [2.24, 2.45) is 0 Å². The highest BCUT2D eigenvalue weighted by molar-refractivity contribution is 8.26. The molecule has 2 saturated heterocycles. The van der Waals surface area contributed by atoms with Crippen molar-refractivity contribution < 1.29 is 13.9 Å². The van der Waals surface area contributed by atoms with Crippen molar-refractivity contribution in [2.75, 3.05) is 56.2 Å². The fourth-order valence-electron chi connectivity index (χ4n) is 4.80. The predicted molar refractivity (Wildman–Crippen MR) is 153 cm³/mol. The fourth-order valence-corrected chi connectivity index (χ4v) is 6.09. The molecule has 0 atom stereocenters. The molecule has 4 rings (SSSR count). The number of rotatable bonds is 8. The molecule has 2 aromatic rings. The van der Waals surface area contributed by atoms with Crippen molar-refractivity contribution in [1.29, 1.82) is 5.26 Å².